The second-order valence-electron chi connectivity index (χ2n) is 7.02. The molecule has 0 aromatic heterocycles. The van der Waals surface area contributed by atoms with E-state index in [1.807, 2.05) is 30.3 Å². The van der Waals surface area contributed by atoms with E-state index in [-0.39, 0.29) is 24.1 Å². The molecule has 4 nitrogen and oxygen atoms in total. The van der Waals surface area contributed by atoms with Gasteiger partial charge in [0.15, 0.2) is 0 Å². The molecule has 0 aliphatic heterocycles. The van der Waals surface area contributed by atoms with Crippen molar-refractivity contribution in [3.63, 3.8) is 0 Å². The molecule has 2 aromatic rings. The Morgan fingerprint density at radius 1 is 1.07 bits per heavy atom. The van der Waals surface area contributed by atoms with Crippen molar-refractivity contribution in [2.45, 2.75) is 45.0 Å². The molecular weight excluding hydrogens is 439 g/mol. The van der Waals surface area contributed by atoms with Gasteiger partial charge in [-0.05, 0) is 31.0 Å². The van der Waals surface area contributed by atoms with Crippen LogP contribution in [0.1, 0.15) is 37.8 Å². The lowest BCUT2D eigenvalue weighted by molar-refractivity contribution is -0.138. The average Bonchev–Trinajstić information content (AvgIpc) is 2.74. The van der Waals surface area contributed by atoms with Crippen LogP contribution in [0, 0.1) is 0 Å². The molecule has 0 aliphatic carbocycles. The Balaban J connectivity index is 2.10. The second kappa shape index (κ2) is 12.9. The van der Waals surface area contributed by atoms with Crippen LogP contribution in [0.4, 0.5) is 0 Å². The predicted octanol–water partition coefficient (Wildman–Crippen LogP) is 5.56. The van der Waals surface area contributed by atoms with Crippen LogP contribution >= 0.6 is 35.0 Å². The normalized spacial score (nSPS) is 11.7. The molecule has 0 fully saturated rings. The minimum Gasteiger partial charge on any atom is -0.354 e. The third kappa shape index (κ3) is 7.53. The van der Waals surface area contributed by atoms with Gasteiger partial charge < -0.3 is 10.2 Å². The van der Waals surface area contributed by atoms with Gasteiger partial charge in [-0.25, -0.2) is 0 Å². The molecule has 7 heteroatoms. The number of carbonyl (C=O) groups excluding carboxylic acids is 2. The Morgan fingerprint density at radius 3 is 2.37 bits per heavy atom. The van der Waals surface area contributed by atoms with E-state index in [1.165, 1.54) is 11.8 Å². The maximum absolute atomic E-state index is 13.1. The summed E-state index contributed by atoms with van der Waals surface area (Å²) in [5.74, 6) is 0.701. The van der Waals surface area contributed by atoms with Gasteiger partial charge in [0, 0.05) is 34.5 Å². The number of hydrogen-bond acceptors (Lipinski definition) is 3. The lowest BCUT2D eigenvalue weighted by Crippen LogP contribution is -2.48. The molecule has 2 amide bonds. The number of benzene rings is 2. The van der Waals surface area contributed by atoms with Crippen LogP contribution in [0.5, 0.6) is 0 Å². The monoisotopic (exact) mass is 466 g/mol. The fourth-order valence-electron chi connectivity index (χ4n) is 2.89. The molecule has 0 unspecified atom stereocenters. The first kappa shape index (κ1) is 24.6. The van der Waals surface area contributed by atoms with Gasteiger partial charge in [0.1, 0.15) is 6.04 Å². The van der Waals surface area contributed by atoms with E-state index in [1.54, 1.807) is 30.0 Å². The van der Waals surface area contributed by atoms with Crippen molar-refractivity contribution >= 4 is 46.8 Å². The van der Waals surface area contributed by atoms with Crippen molar-refractivity contribution in [3.05, 3.63) is 69.7 Å². The quantitative estimate of drug-likeness (QED) is 0.440. The first-order chi connectivity index (χ1) is 14.4. The van der Waals surface area contributed by atoms with Gasteiger partial charge in [0.05, 0.1) is 5.75 Å². The van der Waals surface area contributed by atoms with Crippen LogP contribution < -0.4 is 5.32 Å². The molecular formula is C23H28Cl2N2O2S. The summed E-state index contributed by atoms with van der Waals surface area (Å²) in [6, 6.07) is 14.6. The second-order valence-corrected chi connectivity index (χ2v) is 8.82. The van der Waals surface area contributed by atoms with Gasteiger partial charge in [-0.15, -0.1) is 11.8 Å². The van der Waals surface area contributed by atoms with E-state index in [9.17, 15) is 9.59 Å². The number of carbonyl (C=O) groups is 2. The molecule has 2 aromatic carbocycles. The highest BCUT2D eigenvalue weighted by Crippen LogP contribution is 2.27. The first-order valence-corrected chi connectivity index (χ1v) is 12.0. The average molecular weight is 467 g/mol. The van der Waals surface area contributed by atoms with E-state index in [0.29, 0.717) is 22.2 Å². The molecule has 162 valence electrons. The molecule has 0 aliphatic rings. The van der Waals surface area contributed by atoms with Crippen molar-refractivity contribution < 1.29 is 9.59 Å². The number of thioether (sulfide) groups is 1. The zero-order valence-corrected chi connectivity index (χ0v) is 19.7. The predicted molar refractivity (Wildman–Crippen MR) is 127 cm³/mol. The van der Waals surface area contributed by atoms with Gasteiger partial charge in [0.25, 0.3) is 0 Å². The summed E-state index contributed by atoms with van der Waals surface area (Å²) < 4.78 is 0. The van der Waals surface area contributed by atoms with Crippen molar-refractivity contribution in [3.8, 4) is 0 Å². The van der Waals surface area contributed by atoms with E-state index in [0.717, 1.165) is 24.2 Å². The summed E-state index contributed by atoms with van der Waals surface area (Å²) in [7, 11) is 0. The van der Waals surface area contributed by atoms with E-state index in [4.69, 9.17) is 23.2 Å². The molecule has 0 radical (unpaired) electrons. The summed E-state index contributed by atoms with van der Waals surface area (Å²) in [4.78, 5) is 27.3. The molecule has 0 saturated carbocycles. The largest absolute Gasteiger partial charge is 0.354 e. The minimum absolute atomic E-state index is 0.120. The van der Waals surface area contributed by atoms with Gasteiger partial charge in [-0.1, -0.05) is 72.9 Å². The fraction of sp³-hybridized carbons (Fsp3) is 0.391. The smallest absolute Gasteiger partial charge is 0.242 e. The number of hydrogen-bond donors (Lipinski definition) is 1. The van der Waals surface area contributed by atoms with E-state index < -0.39 is 6.04 Å². The molecule has 1 atom stereocenters. The van der Waals surface area contributed by atoms with Gasteiger partial charge in [0.2, 0.25) is 11.8 Å². The highest BCUT2D eigenvalue weighted by Gasteiger charge is 2.27. The lowest BCUT2D eigenvalue weighted by atomic mass is 10.1. The van der Waals surface area contributed by atoms with Crippen LogP contribution in [-0.4, -0.2) is 35.1 Å². The first-order valence-electron chi connectivity index (χ1n) is 10.1. The number of unbranched alkanes of at least 4 members (excludes halogenated alkanes) is 1. The van der Waals surface area contributed by atoms with Crippen LogP contribution in [0.3, 0.4) is 0 Å². The number of amides is 2. The number of halogens is 2. The Labute approximate surface area is 193 Å². The maximum Gasteiger partial charge on any atom is 0.242 e. The molecule has 2 rings (SSSR count). The SMILES string of the molecule is CCCCNC(=O)[C@@H](C)N(Cc1c(Cl)cccc1Cl)C(=O)CSCc1ccccc1. The van der Waals surface area contributed by atoms with Gasteiger partial charge in [-0.2, -0.15) is 0 Å². The summed E-state index contributed by atoms with van der Waals surface area (Å²) in [6.07, 6.45) is 1.89. The summed E-state index contributed by atoms with van der Waals surface area (Å²) >= 11 is 14.2. The van der Waals surface area contributed by atoms with Gasteiger partial charge >= 0.3 is 0 Å². The lowest BCUT2D eigenvalue weighted by Gasteiger charge is -2.29. The third-order valence-corrected chi connectivity index (χ3v) is 6.42. The summed E-state index contributed by atoms with van der Waals surface area (Å²) in [6.45, 7) is 4.59. The minimum atomic E-state index is -0.626. The van der Waals surface area contributed by atoms with Crippen LogP contribution in [0.2, 0.25) is 10.0 Å². The zero-order chi connectivity index (χ0) is 21.9. The van der Waals surface area contributed by atoms with Crippen LogP contribution in [0.15, 0.2) is 48.5 Å². The topological polar surface area (TPSA) is 49.4 Å². The maximum atomic E-state index is 13.1. The Bertz CT molecular complexity index is 813. The highest BCUT2D eigenvalue weighted by molar-refractivity contribution is 7.99. The molecule has 0 spiro atoms. The number of nitrogens with zero attached hydrogens (tertiary/aromatic N) is 1. The van der Waals surface area contributed by atoms with E-state index >= 15 is 0 Å². The Hall–Kier alpha value is -1.69. The molecule has 0 heterocycles. The molecule has 30 heavy (non-hydrogen) atoms. The summed E-state index contributed by atoms with van der Waals surface area (Å²) in [5.41, 5.74) is 1.80. The number of nitrogens with one attached hydrogen (secondary N) is 1. The molecule has 1 N–H and O–H groups in total. The Kier molecular flexibility index (Phi) is 10.6. The molecule has 0 bridgehead atoms. The van der Waals surface area contributed by atoms with Crippen LogP contribution in [0.25, 0.3) is 0 Å². The van der Waals surface area contributed by atoms with Crippen LogP contribution in [-0.2, 0) is 21.9 Å². The van der Waals surface area contributed by atoms with Crippen molar-refractivity contribution in [2.75, 3.05) is 12.3 Å². The summed E-state index contributed by atoms with van der Waals surface area (Å²) in [5, 5.41) is 3.87. The van der Waals surface area contributed by atoms with Gasteiger partial charge in [-0.3, -0.25) is 9.59 Å². The molecule has 0 saturated heterocycles. The van der Waals surface area contributed by atoms with E-state index in [2.05, 4.69) is 12.2 Å². The Morgan fingerprint density at radius 2 is 1.73 bits per heavy atom. The standard InChI is InChI=1S/C23H28Cl2N2O2S/c1-3-4-13-26-23(29)17(2)27(14-19-20(24)11-8-12-21(19)25)22(28)16-30-15-18-9-6-5-7-10-18/h5-12,17H,3-4,13-16H2,1-2H3,(H,26,29)/t17-/m1/s1. The number of rotatable bonds is 11. The third-order valence-electron chi connectivity index (χ3n) is 4.72. The highest BCUT2D eigenvalue weighted by atomic mass is 35.5. The van der Waals surface area contributed by atoms with Crippen molar-refractivity contribution in [1.29, 1.82) is 0 Å². The van der Waals surface area contributed by atoms with Crippen molar-refractivity contribution in [2.24, 2.45) is 0 Å². The zero-order valence-electron chi connectivity index (χ0n) is 17.4. The fourth-order valence-corrected chi connectivity index (χ4v) is 4.27. The van der Waals surface area contributed by atoms with Crippen molar-refractivity contribution in [1.82, 2.24) is 10.2 Å².